The molecule has 6 heteroatoms. The summed E-state index contributed by atoms with van der Waals surface area (Å²) < 4.78 is 1.25. The Balaban J connectivity index is 2.07. The van der Waals surface area contributed by atoms with Gasteiger partial charge < -0.3 is 5.73 Å². The Morgan fingerprint density at radius 1 is 1.09 bits per heavy atom. The second-order valence-corrected chi connectivity index (χ2v) is 5.55. The van der Waals surface area contributed by atoms with Crippen LogP contribution in [-0.4, -0.2) is 16.4 Å². The molecule has 0 bridgehead atoms. The topological polar surface area (TPSA) is 94.2 Å². The van der Waals surface area contributed by atoms with Gasteiger partial charge in [0.2, 0.25) is 0 Å². The number of unbranched alkanes of at least 4 members (excludes halogenated alkanes) is 1. The van der Waals surface area contributed by atoms with Gasteiger partial charge in [-0.3, -0.25) is 24.3 Å². The fourth-order valence-electron chi connectivity index (χ4n) is 2.74. The maximum Gasteiger partial charge on any atom is 0.262 e. The lowest BCUT2D eigenvalue weighted by molar-refractivity contribution is 0.0880. The Bertz CT molecular complexity index is 851. The lowest BCUT2D eigenvalue weighted by Crippen LogP contribution is -2.24. The van der Waals surface area contributed by atoms with Crippen molar-refractivity contribution in [2.45, 2.75) is 26.2 Å². The first-order valence-electron chi connectivity index (χ1n) is 7.53. The predicted molar refractivity (Wildman–Crippen MR) is 86.9 cm³/mol. The number of amides is 2. The van der Waals surface area contributed by atoms with Crippen molar-refractivity contribution in [1.29, 1.82) is 0 Å². The lowest BCUT2D eigenvalue weighted by Gasteiger charge is -2.12. The minimum atomic E-state index is -0.587. The van der Waals surface area contributed by atoms with E-state index in [0.29, 0.717) is 5.69 Å². The molecule has 3 N–H and O–H groups in total. The highest BCUT2D eigenvalue weighted by Crippen LogP contribution is 2.23. The third-order valence-electron chi connectivity index (χ3n) is 3.97. The number of aryl methyl sites for hydroxylation is 1. The highest BCUT2D eigenvalue weighted by Gasteiger charge is 2.31. The van der Waals surface area contributed by atoms with E-state index < -0.39 is 17.4 Å². The molecule has 1 aliphatic heterocycles. The van der Waals surface area contributed by atoms with E-state index in [0.717, 1.165) is 25.3 Å². The van der Waals surface area contributed by atoms with Gasteiger partial charge in [-0.25, -0.2) is 0 Å². The second-order valence-electron chi connectivity index (χ2n) is 5.55. The van der Waals surface area contributed by atoms with Gasteiger partial charge in [-0.15, -0.1) is 0 Å². The number of nitrogens with zero attached hydrogens (tertiary/aromatic N) is 1. The van der Waals surface area contributed by atoms with Crippen molar-refractivity contribution >= 4 is 17.6 Å². The molecule has 6 nitrogen and oxygen atoms in total. The maximum atomic E-state index is 12.3. The van der Waals surface area contributed by atoms with Gasteiger partial charge >= 0.3 is 0 Å². The van der Waals surface area contributed by atoms with Crippen LogP contribution in [0.3, 0.4) is 0 Å². The van der Waals surface area contributed by atoms with Crippen molar-refractivity contribution < 1.29 is 9.59 Å². The molecule has 1 aliphatic rings. The molecule has 2 amide bonds. The van der Waals surface area contributed by atoms with E-state index in [4.69, 9.17) is 5.73 Å². The van der Waals surface area contributed by atoms with Crippen molar-refractivity contribution in [3.05, 3.63) is 57.4 Å². The third kappa shape index (κ3) is 2.52. The van der Waals surface area contributed by atoms with Gasteiger partial charge in [0.15, 0.2) is 0 Å². The summed E-state index contributed by atoms with van der Waals surface area (Å²) in [7, 11) is 0. The number of hydrogen-bond donors (Lipinski definition) is 2. The Labute approximate surface area is 132 Å². The van der Waals surface area contributed by atoms with E-state index in [1.807, 2.05) is 12.1 Å². The molecule has 0 unspecified atom stereocenters. The zero-order valence-electron chi connectivity index (χ0n) is 12.8. The van der Waals surface area contributed by atoms with E-state index in [2.05, 4.69) is 12.2 Å². The zero-order valence-corrected chi connectivity index (χ0v) is 12.8. The minimum Gasteiger partial charge on any atom is -0.384 e. The molecule has 1 aromatic heterocycles. The van der Waals surface area contributed by atoms with Crippen LogP contribution in [0.15, 0.2) is 35.1 Å². The first kappa shape index (κ1) is 15.0. The summed E-state index contributed by atoms with van der Waals surface area (Å²) in [5.41, 5.74) is 7.40. The molecule has 23 heavy (non-hydrogen) atoms. The number of carbonyl (C=O) groups is 2. The molecule has 118 valence electrons. The highest BCUT2D eigenvalue weighted by atomic mass is 16.2. The number of nitrogen functional groups attached to an aromatic ring is 1. The molecule has 2 aromatic rings. The quantitative estimate of drug-likeness (QED) is 0.839. The van der Waals surface area contributed by atoms with Crippen molar-refractivity contribution in [3.63, 3.8) is 0 Å². The number of pyridine rings is 1. The standard InChI is InChI=1S/C17H17N3O3/c1-2-3-4-10-5-7-11(8-6-10)20-13(21)9-12-14(15(20)18)17(23)19-16(12)22/h5-9H,2-4,18H2,1H3,(H,19,22,23). The molecule has 0 saturated heterocycles. The monoisotopic (exact) mass is 311 g/mol. The van der Waals surface area contributed by atoms with Crippen LogP contribution in [0.4, 0.5) is 5.82 Å². The van der Waals surface area contributed by atoms with E-state index >= 15 is 0 Å². The number of fused-ring (bicyclic) bond motifs is 1. The van der Waals surface area contributed by atoms with Crippen LogP contribution < -0.4 is 16.6 Å². The summed E-state index contributed by atoms with van der Waals surface area (Å²) in [6.45, 7) is 2.13. The van der Waals surface area contributed by atoms with Crippen molar-refractivity contribution in [2.24, 2.45) is 0 Å². The average molecular weight is 311 g/mol. The van der Waals surface area contributed by atoms with Crippen molar-refractivity contribution in [1.82, 2.24) is 9.88 Å². The van der Waals surface area contributed by atoms with Crippen molar-refractivity contribution in [3.8, 4) is 5.69 Å². The first-order chi connectivity index (χ1) is 11.0. The number of anilines is 1. The fraction of sp³-hybridized carbons (Fsp3) is 0.235. The van der Waals surface area contributed by atoms with Gasteiger partial charge in [-0.2, -0.15) is 0 Å². The van der Waals surface area contributed by atoms with Gasteiger partial charge in [0.25, 0.3) is 17.4 Å². The summed E-state index contributed by atoms with van der Waals surface area (Å²) in [5.74, 6) is -1.18. The summed E-state index contributed by atoms with van der Waals surface area (Å²) in [5, 5.41) is 2.15. The number of benzene rings is 1. The highest BCUT2D eigenvalue weighted by molar-refractivity contribution is 6.23. The van der Waals surface area contributed by atoms with E-state index in [1.54, 1.807) is 12.1 Å². The normalized spacial score (nSPS) is 13.1. The van der Waals surface area contributed by atoms with Crippen molar-refractivity contribution in [2.75, 3.05) is 5.73 Å². The molecule has 3 rings (SSSR count). The SMILES string of the molecule is CCCCc1ccc(-n2c(N)c3c(cc2=O)C(=O)NC3=O)cc1. The van der Waals surface area contributed by atoms with Crippen LogP contribution in [-0.2, 0) is 6.42 Å². The Morgan fingerprint density at radius 2 is 1.78 bits per heavy atom. The molecule has 2 heterocycles. The molecule has 0 atom stereocenters. The van der Waals surface area contributed by atoms with Crippen LogP contribution in [0.1, 0.15) is 46.0 Å². The molecule has 0 saturated carbocycles. The maximum absolute atomic E-state index is 12.3. The van der Waals surface area contributed by atoms with Gasteiger partial charge in [-0.1, -0.05) is 25.5 Å². The van der Waals surface area contributed by atoms with Crippen LogP contribution in [0.5, 0.6) is 0 Å². The minimum absolute atomic E-state index is 0.0165. The average Bonchev–Trinajstić information content (AvgIpc) is 2.81. The summed E-state index contributed by atoms with van der Waals surface area (Å²) in [6.07, 6.45) is 3.19. The zero-order chi connectivity index (χ0) is 16.6. The van der Waals surface area contributed by atoms with Crippen LogP contribution in [0.2, 0.25) is 0 Å². The molecule has 0 radical (unpaired) electrons. The molecule has 0 spiro atoms. The van der Waals surface area contributed by atoms with Gasteiger partial charge in [0, 0.05) is 6.07 Å². The smallest absolute Gasteiger partial charge is 0.262 e. The predicted octanol–water partition coefficient (Wildman–Crippen LogP) is 1.65. The summed E-state index contributed by atoms with van der Waals surface area (Å²) in [6, 6.07) is 8.62. The van der Waals surface area contributed by atoms with E-state index in [1.165, 1.54) is 10.1 Å². The summed E-state index contributed by atoms with van der Waals surface area (Å²) >= 11 is 0. The molecule has 0 aliphatic carbocycles. The number of imide groups is 1. The fourth-order valence-corrected chi connectivity index (χ4v) is 2.74. The first-order valence-corrected chi connectivity index (χ1v) is 7.53. The second kappa shape index (κ2) is 5.72. The molecule has 0 fully saturated rings. The largest absolute Gasteiger partial charge is 0.384 e. The summed E-state index contributed by atoms with van der Waals surface area (Å²) in [4.78, 5) is 35.8. The van der Waals surface area contributed by atoms with E-state index in [9.17, 15) is 14.4 Å². The number of rotatable bonds is 4. The lowest BCUT2D eigenvalue weighted by atomic mass is 10.1. The Kier molecular flexibility index (Phi) is 3.73. The van der Waals surface area contributed by atoms with Gasteiger partial charge in [0.05, 0.1) is 16.8 Å². The molecular formula is C17H17N3O3. The number of carbonyl (C=O) groups excluding carboxylic acids is 2. The number of nitrogens with one attached hydrogen (secondary N) is 1. The van der Waals surface area contributed by atoms with Crippen LogP contribution >= 0.6 is 0 Å². The van der Waals surface area contributed by atoms with Crippen LogP contribution in [0, 0.1) is 0 Å². The number of nitrogens with two attached hydrogens (primary N) is 1. The van der Waals surface area contributed by atoms with Crippen LogP contribution in [0.25, 0.3) is 5.69 Å². The Hall–Kier alpha value is -2.89. The van der Waals surface area contributed by atoms with E-state index in [-0.39, 0.29) is 16.9 Å². The third-order valence-corrected chi connectivity index (χ3v) is 3.97. The number of hydrogen-bond acceptors (Lipinski definition) is 4. The van der Waals surface area contributed by atoms with Gasteiger partial charge in [-0.05, 0) is 30.5 Å². The molecular weight excluding hydrogens is 294 g/mol. The number of aromatic nitrogens is 1. The van der Waals surface area contributed by atoms with Gasteiger partial charge in [0.1, 0.15) is 5.82 Å². The Morgan fingerprint density at radius 3 is 2.43 bits per heavy atom. The molecule has 1 aromatic carbocycles.